The fourth-order valence-electron chi connectivity index (χ4n) is 3.80. The minimum atomic E-state index is 0.619. The molecule has 0 atom stereocenters. The molecular weight excluding hydrogens is 410 g/mol. The van der Waals surface area contributed by atoms with E-state index >= 15 is 0 Å². The third-order valence-corrected chi connectivity index (χ3v) is 6.01. The number of methoxy groups -OCH3 is 1. The van der Waals surface area contributed by atoms with Crippen LogP contribution in [0.25, 0.3) is 11.4 Å². The first-order chi connectivity index (χ1) is 15.0. The highest BCUT2D eigenvalue weighted by molar-refractivity contribution is 7.71. The molecule has 1 aromatic heterocycles. The van der Waals surface area contributed by atoms with E-state index in [1.54, 1.807) is 7.11 Å². The van der Waals surface area contributed by atoms with Gasteiger partial charge in [-0.1, -0.05) is 12.1 Å². The number of nitrogens with zero attached hydrogens (tertiary/aromatic N) is 5. The van der Waals surface area contributed by atoms with Gasteiger partial charge in [-0.3, -0.25) is 4.90 Å². The maximum atomic E-state index is 5.63. The van der Waals surface area contributed by atoms with Crippen molar-refractivity contribution in [3.8, 4) is 17.1 Å². The van der Waals surface area contributed by atoms with Crippen LogP contribution in [0.1, 0.15) is 5.56 Å². The Morgan fingerprint density at radius 1 is 1.06 bits per heavy atom. The van der Waals surface area contributed by atoms with Crippen molar-refractivity contribution in [1.29, 1.82) is 0 Å². The Hall–Kier alpha value is -2.68. The lowest BCUT2D eigenvalue weighted by Gasteiger charge is -2.29. The lowest BCUT2D eigenvalue weighted by Crippen LogP contribution is -2.36. The minimum Gasteiger partial charge on any atom is -0.497 e. The summed E-state index contributed by atoms with van der Waals surface area (Å²) in [6.07, 6.45) is 0. The Morgan fingerprint density at radius 3 is 2.39 bits per heavy atom. The fraction of sp³-hybridized carbons (Fsp3) is 0.391. The zero-order valence-corrected chi connectivity index (χ0v) is 19.1. The number of rotatable bonds is 7. The van der Waals surface area contributed by atoms with Gasteiger partial charge in [0.1, 0.15) is 5.75 Å². The van der Waals surface area contributed by atoms with Gasteiger partial charge in [-0.05, 0) is 61.2 Å². The molecule has 2 aromatic carbocycles. The summed E-state index contributed by atoms with van der Waals surface area (Å²) in [5.74, 6) is 1.67. The second-order valence-electron chi connectivity index (χ2n) is 7.81. The van der Waals surface area contributed by atoms with Gasteiger partial charge in [-0.15, -0.1) is 0 Å². The Bertz CT molecular complexity index is 1050. The van der Waals surface area contributed by atoms with Gasteiger partial charge in [0.15, 0.2) is 10.6 Å². The standard InChI is InChI=1S/C23H29N5O2S/c1-25(16-18-4-8-20(9-5-18)27-12-14-30-15-13-27)17-28-23(31)26(2)22(24-28)19-6-10-21(29-3)11-7-19/h4-11H,12-17H2,1-3H3. The number of benzene rings is 2. The van der Waals surface area contributed by atoms with Crippen LogP contribution in [0.3, 0.4) is 0 Å². The average Bonchev–Trinajstić information content (AvgIpc) is 3.08. The molecule has 3 aromatic rings. The predicted octanol–water partition coefficient (Wildman–Crippen LogP) is 3.55. The maximum absolute atomic E-state index is 5.63. The lowest BCUT2D eigenvalue weighted by molar-refractivity contribution is 0.122. The molecule has 0 amide bonds. The van der Waals surface area contributed by atoms with Gasteiger partial charge in [0.2, 0.25) is 0 Å². The van der Waals surface area contributed by atoms with Crippen molar-refractivity contribution >= 4 is 17.9 Å². The third-order valence-electron chi connectivity index (χ3n) is 5.53. The van der Waals surface area contributed by atoms with Gasteiger partial charge >= 0.3 is 0 Å². The van der Waals surface area contributed by atoms with Crippen LogP contribution in [0.2, 0.25) is 0 Å². The minimum absolute atomic E-state index is 0.619. The molecule has 4 rings (SSSR count). The zero-order valence-electron chi connectivity index (χ0n) is 18.3. The Morgan fingerprint density at radius 2 is 1.74 bits per heavy atom. The number of hydrogen-bond donors (Lipinski definition) is 0. The Kier molecular flexibility index (Phi) is 6.70. The second-order valence-corrected chi connectivity index (χ2v) is 8.18. The van der Waals surface area contributed by atoms with Crippen molar-refractivity contribution < 1.29 is 9.47 Å². The van der Waals surface area contributed by atoms with Gasteiger partial charge in [0.05, 0.1) is 27.0 Å². The highest BCUT2D eigenvalue weighted by Crippen LogP contribution is 2.21. The van der Waals surface area contributed by atoms with Crippen LogP contribution < -0.4 is 9.64 Å². The van der Waals surface area contributed by atoms with Gasteiger partial charge in [0.25, 0.3) is 0 Å². The summed E-state index contributed by atoms with van der Waals surface area (Å²) in [4.78, 5) is 4.58. The largest absolute Gasteiger partial charge is 0.497 e. The number of morpholine rings is 1. The van der Waals surface area contributed by atoms with E-state index in [0.29, 0.717) is 11.4 Å². The summed E-state index contributed by atoms with van der Waals surface area (Å²) in [5.41, 5.74) is 3.53. The van der Waals surface area contributed by atoms with Crippen LogP contribution in [0.5, 0.6) is 5.75 Å². The molecule has 31 heavy (non-hydrogen) atoms. The number of aromatic nitrogens is 3. The molecule has 0 bridgehead atoms. The van der Waals surface area contributed by atoms with E-state index in [4.69, 9.17) is 26.8 Å². The van der Waals surface area contributed by atoms with Crippen molar-refractivity contribution in [3.05, 3.63) is 58.9 Å². The summed E-state index contributed by atoms with van der Waals surface area (Å²) in [6, 6.07) is 16.7. The topological polar surface area (TPSA) is 47.7 Å². The Labute approximate surface area is 188 Å². The first kappa shape index (κ1) is 21.5. The molecule has 0 saturated carbocycles. The van der Waals surface area contributed by atoms with Crippen LogP contribution in [0.4, 0.5) is 5.69 Å². The van der Waals surface area contributed by atoms with Crippen molar-refractivity contribution in [1.82, 2.24) is 19.2 Å². The molecule has 1 fully saturated rings. The van der Waals surface area contributed by atoms with E-state index in [0.717, 1.165) is 50.0 Å². The van der Waals surface area contributed by atoms with E-state index in [1.165, 1.54) is 11.3 Å². The van der Waals surface area contributed by atoms with Crippen LogP contribution in [-0.2, 0) is 25.0 Å². The van der Waals surface area contributed by atoms with Crippen molar-refractivity contribution in [2.24, 2.45) is 7.05 Å². The van der Waals surface area contributed by atoms with Gasteiger partial charge in [-0.2, -0.15) is 5.10 Å². The lowest BCUT2D eigenvalue weighted by atomic mass is 10.2. The third kappa shape index (κ3) is 4.98. The molecular formula is C23H29N5O2S. The summed E-state index contributed by atoms with van der Waals surface area (Å²) in [6.45, 7) is 4.94. The summed E-state index contributed by atoms with van der Waals surface area (Å²) in [7, 11) is 5.70. The van der Waals surface area contributed by atoms with Crippen molar-refractivity contribution in [2.75, 3.05) is 45.4 Å². The van der Waals surface area contributed by atoms with E-state index in [2.05, 4.69) is 41.1 Å². The fourth-order valence-corrected chi connectivity index (χ4v) is 3.98. The monoisotopic (exact) mass is 439 g/mol. The molecule has 0 spiro atoms. The second kappa shape index (κ2) is 9.64. The molecule has 0 aliphatic carbocycles. The highest BCUT2D eigenvalue weighted by Gasteiger charge is 2.13. The number of anilines is 1. The molecule has 1 aliphatic heterocycles. The van der Waals surface area contributed by atoms with Crippen molar-refractivity contribution in [3.63, 3.8) is 0 Å². The average molecular weight is 440 g/mol. The van der Waals surface area contributed by atoms with E-state index in [9.17, 15) is 0 Å². The molecule has 0 N–H and O–H groups in total. The molecule has 164 valence electrons. The molecule has 0 radical (unpaired) electrons. The molecule has 7 nitrogen and oxygen atoms in total. The molecule has 1 saturated heterocycles. The van der Waals surface area contributed by atoms with Crippen molar-refractivity contribution in [2.45, 2.75) is 13.2 Å². The zero-order chi connectivity index (χ0) is 21.8. The van der Waals surface area contributed by atoms with E-state index < -0.39 is 0 Å². The van der Waals surface area contributed by atoms with E-state index in [-0.39, 0.29) is 0 Å². The summed E-state index contributed by atoms with van der Waals surface area (Å²) >= 11 is 5.63. The summed E-state index contributed by atoms with van der Waals surface area (Å²) < 4.78 is 15.2. The predicted molar refractivity (Wildman–Crippen MR) is 125 cm³/mol. The molecule has 1 aliphatic rings. The quantitative estimate of drug-likeness (QED) is 0.525. The van der Waals surface area contributed by atoms with E-state index in [1.807, 2.05) is 40.6 Å². The van der Waals surface area contributed by atoms with Gasteiger partial charge < -0.3 is 18.9 Å². The maximum Gasteiger partial charge on any atom is 0.199 e. The van der Waals surface area contributed by atoms with Crippen LogP contribution in [0, 0.1) is 4.77 Å². The molecule has 0 unspecified atom stereocenters. The summed E-state index contributed by atoms with van der Waals surface area (Å²) in [5, 5.41) is 4.77. The first-order valence-electron chi connectivity index (χ1n) is 10.4. The normalized spacial score (nSPS) is 14.3. The van der Waals surface area contributed by atoms with Crippen LogP contribution >= 0.6 is 12.2 Å². The SMILES string of the molecule is COc1ccc(-c2nn(CN(C)Cc3ccc(N4CCOCC4)cc3)c(=S)n2C)cc1. The van der Waals surface area contributed by atoms with Gasteiger partial charge in [0, 0.05) is 37.9 Å². The smallest absolute Gasteiger partial charge is 0.199 e. The van der Waals surface area contributed by atoms with Gasteiger partial charge in [-0.25, -0.2) is 4.68 Å². The van der Waals surface area contributed by atoms with Crippen LogP contribution in [-0.4, -0.2) is 59.7 Å². The first-order valence-corrected chi connectivity index (χ1v) is 10.8. The molecule has 8 heteroatoms. The highest BCUT2D eigenvalue weighted by atomic mass is 32.1. The Balaban J connectivity index is 1.42. The number of hydrogen-bond acceptors (Lipinski definition) is 6. The number of ether oxygens (including phenoxy) is 2. The molecule has 2 heterocycles. The van der Waals surface area contributed by atoms with Crippen LogP contribution in [0.15, 0.2) is 48.5 Å².